The molecular formula is C14H21NO4. The lowest BCUT2D eigenvalue weighted by Crippen LogP contribution is -2.39. The SMILES string of the molecule is COCCN(C(=O)c1ccc(OC)cc1O)C(C)C. The molecule has 1 amide bonds. The third kappa shape index (κ3) is 3.86. The van der Waals surface area contributed by atoms with Gasteiger partial charge in [-0.25, -0.2) is 0 Å². The molecule has 0 saturated heterocycles. The van der Waals surface area contributed by atoms with E-state index in [9.17, 15) is 9.90 Å². The van der Waals surface area contributed by atoms with Gasteiger partial charge >= 0.3 is 0 Å². The van der Waals surface area contributed by atoms with Gasteiger partial charge in [0, 0.05) is 25.8 Å². The van der Waals surface area contributed by atoms with Crippen molar-refractivity contribution in [3.8, 4) is 11.5 Å². The average molecular weight is 267 g/mol. The number of methoxy groups -OCH3 is 2. The van der Waals surface area contributed by atoms with Crippen molar-refractivity contribution < 1.29 is 19.4 Å². The zero-order valence-corrected chi connectivity index (χ0v) is 11.8. The minimum absolute atomic E-state index is 0.0316. The second kappa shape index (κ2) is 6.99. The number of aromatic hydroxyl groups is 1. The van der Waals surface area contributed by atoms with Gasteiger partial charge in [0.2, 0.25) is 0 Å². The van der Waals surface area contributed by atoms with Crippen molar-refractivity contribution in [1.82, 2.24) is 4.90 Å². The topological polar surface area (TPSA) is 59.0 Å². The lowest BCUT2D eigenvalue weighted by Gasteiger charge is -2.26. The highest BCUT2D eigenvalue weighted by Crippen LogP contribution is 2.25. The molecule has 106 valence electrons. The van der Waals surface area contributed by atoms with Crippen LogP contribution in [-0.2, 0) is 4.74 Å². The third-order valence-corrected chi connectivity index (χ3v) is 2.86. The molecule has 0 atom stereocenters. The van der Waals surface area contributed by atoms with Crippen molar-refractivity contribution in [2.45, 2.75) is 19.9 Å². The first-order chi connectivity index (χ1) is 9.01. The molecule has 0 radical (unpaired) electrons. The summed E-state index contributed by atoms with van der Waals surface area (Å²) in [5.74, 6) is 0.224. The summed E-state index contributed by atoms with van der Waals surface area (Å²) in [7, 11) is 3.10. The van der Waals surface area contributed by atoms with Crippen LogP contribution in [0.5, 0.6) is 11.5 Å². The molecule has 5 nitrogen and oxygen atoms in total. The van der Waals surface area contributed by atoms with Crippen LogP contribution in [0.2, 0.25) is 0 Å². The van der Waals surface area contributed by atoms with Crippen LogP contribution in [0.3, 0.4) is 0 Å². The highest BCUT2D eigenvalue weighted by atomic mass is 16.5. The van der Waals surface area contributed by atoms with Crippen LogP contribution in [-0.4, -0.2) is 49.3 Å². The fourth-order valence-corrected chi connectivity index (χ4v) is 1.76. The van der Waals surface area contributed by atoms with E-state index in [0.29, 0.717) is 18.9 Å². The number of phenolic OH excluding ortho intramolecular Hbond substituents is 1. The van der Waals surface area contributed by atoms with E-state index in [2.05, 4.69) is 0 Å². The van der Waals surface area contributed by atoms with Crippen LogP contribution in [0.15, 0.2) is 18.2 Å². The Kier molecular flexibility index (Phi) is 5.63. The fraction of sp³-hybridized carbons (Fsp3) is 0.500. The van der Waals surface area contributed by atoms with Crippen LogP contribution in [0.4, 0.5) is 0 Å². The summed E-state index contributed by atoms with van der Waals surface area (Å²) < 4.78 is 10.00. The Bertz CT molecular complexity index is 431. The molecule has 19 heavy (non-hydrogen) atoms. The maximum Gasteiger partial charge on any atom is 0.257 e. The van der Waals surface area contributed by atoms with E-state index in [1.165, 1.54) is 13.2 Å². The van der Waals surface area contributed by atoms with Gasteiger partial charge in [0.05, 0.1) is 19.3 Å². The van der Waals surface area contributed by atoms with E-state index < -0.39 is 0 Å². The summed E-state index contributed by atoms with van der Waals surface area (Å²) in [4.78, 5) is 14.0. The number of nitrogens with zero attached hydrogens (tertiary/aromatic N) is 1. The molecule has 0 saturated carbocycles. The second-order valence-corrected chi connectivity index (χ2v) is 4.47. The highest BCUT2D eigenvalue weighted by Gasteiger charge is 2.21. The summed E-state index contributed by atoms with van der Waals surface area (Å²) in [5, 5.41) is 9.89. The Morgan fingerprint density at radius 3 is 2.53 bits per heavy atom. The molecule has 0 bridgehead atoms. The van der Waals surface area contributed by atoms with Crippen molar-refractivity contribution in [2.75, 3.05) is 27.4 Å². The molecule has 0 heterocycles. The molecular weight excluding hydrogens is 246 g/mol. The molecule has 1 rings (SSSR count). The van der Waals surface area contributed by atoms with Gasteiger partial charge in [0.15, 0.2) is 0 Å². The van der Waals surface area contributed by atoms with Crippen LogP contribution in [0, 0.1) is 0 Å². The molecule has 0 aliphatic carbocycles. The Morgan fingerprint density at radius 1 is 1.37 bits per heavy atom. The first kappa shape index (κ1) is 15.3. The normalized spacial score (nSPS) is 10.6. The number of amides is 1. The third-order valence-electron chi connectivity index (χ3n) is 2.86. The molecule has 0 aromatic heterocycles. The van der Waals surface area contributed by atoms with Gasteiger partial charge in [-0.3, -0.25) is 4.79 Å². The number of phenols is 1. The van der Waals surface area contributed by atoms with Gasteiger partial charge < -0.3 is 19.5 Å². The minimum Gasteiger partial charge on any atom is -0.507 e. The number of carbonyl (C=O) groups is 1. The van der Waals surface area contributed by atoms with Crippen molar-refractivity contribution in [3.05, 3.63) is 23.8 Å². The standard InChI is InChI=1S/C14H21NO4/c1-10(2)15(7-8-18-3)14(17)12-6-5-11(19-4)9-13(12)16/h5-6,9-10,16H,7-8H2,1-4H3. The predicted molar refractivity (Wildman–Crippen MR) is 72.7 cm³/mol. The Labute approximate surface area is 113 Å². The van der Waals surface area contributed by atoms with Crippen molar-refractivity contribution >= 4 is 5.91 Å². The molecule has 0 fully saturated rings. The van der Waals surface area contributed by atoms with Gasteiger partial charge in [0.25, 0.3) is 5.91 Å². The fourth-order valence-electron chi connectivity index (χ4n) is 1.76. The zero-order valence-electron chi connectivity index (χ0n) is 11.8. The quantitative estimate of drug-likeness (QED) is 0.855. The maximum atomic E-state index is 12.4. The summed E-state index contributed by atoms with van der Waals surface area (Å²) >= 11 is 0. The summed E-state index contributed by atoms with van der Waals surface area (Å²) in [5.41, 5.74) is 0.269. The van der Waals surface area contributed by atoms with Crippen molar-refractivity contribution in [2.24, 2.45) is 0 Å². The molecule has 5 heteroatoms. The van der Waals surface area contributed by atoms with Gasteiger partial charge in [-0.1, -0.05) is 0 Å². The van der Waals surface area contributed by atoms with Gasteiger partial charge in [-0.05, 0) is 26.0 Å². The van der Waals surface area contributed by atoms with E-state index in [0.717, 1.165) is 0 Å². The van der Waals surface area contributed by atoms with Gasteiger partial charge in [-0.2, -0.15) is 0 Å². The van der Waals surface area contributed by atoms with E-state index >= 15 is 0 Å². The Morgan fingerprint density at radius 2 is 2.05 bits per heavy atom. The Balaban J connectivity index is 2.96. The van der Waals surface area contributed by atoms with Crippen LogP contribution >= 0.6 is 0 Å². The highest BCUT2D eigenvalue weighted by molar-refractivity contribution is 5.97. The predicted octanol–water partition coefficient (Wildman–Crippen LogP) is 1.90. The first-order valence-corrected chi connectivity index (χ1v) is 6.18. The van der Waals surface area contributed by atoms with E-state index in [-0.39, 0.29) is 23.3 Å². The maximum absolute atomic E-state index is 12.4. The number of rotatable bonds is 6. The number of ether oxygens (including phenoxy) is 2. The van der Waals surface area contributed by atoms with Crippen LogP contribution in [0.25, 0.3) is 0 Å². The molecule has 0 aliphatic rings. The van der Waals surface area contributed by atoms with E-state index in [4.69, 9.17) is 9.47 Å². The monoisotopic (exact) mass is 267 g/mol. The minimum atomic E-state index is -0.216. The smallest absolute Gasteiger partial charge is 0.257 e. The van der Waals surface area contributed by atoms with Gasteiger partial charge in [-0.15, -0.1) is 0 Å². The van der Waals surface area contributed by atoms with Crippen LogP contribution in [0.1, 0.15) is 24.2 Å². The average Bonchev–Trinajstić information content (AvgIpc) is 2.38. The molecule has 1 aromatic rings. The lowest BCUT2D eigenvalue weighted by molar-refractivity contribution is 0.0632. The largest absolute Gasteiger partial charge is 0.507 e. The molecule has 1 aromatic carbocycles. The number of carbonyl (C=O) groups excluding carboxylic acids is 1. The van der Waals surface area contributed by atoms with Crippen LogP contribution < -0.4 is 4.74 Å². The summed E-state index contributed by atoms with van der Waals surface area (Å²) in [6.07, 6.45) is 0. The number of hydrogen-bond acceptors (Lipinski definition) is 4. The molecule has 1 N–H and O–H groups in total. The first-order valence-electron chi connectivity index (χ1n) is 6.18. The van der Waals surface area contributed by atoms with Gasteiger partial charge in [0.1, 0.15) is 11.5 Å². The lowest BCUT2D eigenvalue weighted by atomic mass is 10.1. The van der Waals surface area contributed by atoms with E-state index in [1.54, 1.807) is 24.1 Å². The zero-order chi connectivity index (χ0) is 14.4. The summed E-state index contributed by atoms with van der Waals surface area (Å²) in [6, 6.07) is 4.69. The molecule has 0 aliphatic heterocycles. The Hall–Kier alpha value is -1.75. The number of hydrogen-bond donors (Lipinski definition) is 1. The summed E-state index contributed by atoms with van der Waals surface area (Å²) in [6.45, 7) is 4.79. The van der Waals surface area contributed by atoms with Crippen molar-refractivity contribution in [1.29, 1.82) is 0 Å². The molecule has 0 unspecified atom stereocenters. The number of benzene rings is 1. The van der Waals surface area contributed by atoms with E-state index in [1.807, 2.05) is 13.8 Å². The molecule has 0 spiro atoms. The second-order valence-electron chi connectivity index (χ2n) is 4.47. The van der Waals surface area contributed by atoms with Crippen molar-refractivity contribution in [3.63, 3.8) is 0 Å².